The average molecular weight is 372 g/mol. The number of carbonyl (C=O) groups is 1. The van der Waals surface area contributed by atoms with Crippen LogP contribution in [0.15, 0.2) is 73.3 Å². The Bertz CT molecular complexity index is 1110. The van der Waals surface area contributed by atoms with E-state index >= 15 is 0 Å². The molecule has 4 aromatic rings. The van der Waals surface area contributed by atoms with E-state index in [0.29, 0.717) is 23.9 Å². The van der Waals surface area contributed by atoms with Gasteiger partial charge in [-0.15, -0.1) is 0 Å². The Labute approximate surface area is 160 Å². The number of nitrogens with one attached hydrogen (secondary N) is 1. The number of nitrogens with zero attached hydrogens (tertiary/aromatic N) is 5. The van der Waals surface area contributed by atoms with Gasteiger partial charge in [0.25, 0.3) is 0 Å². The Balaban J connectivity index is 1.51. The highest BCUT2D eigenvalue weighted by atomic mass is 16.4. The molecule has 0 saturated heterocycles. The van der Waals surface area contributed by atoms with E-state index in [4.69, 9.17) is 5.11 Å². The van der Waals surface area contributed by atoms with Crippen LogP contribution in [0.5, 0.6) is 0 Å². The molecule has 0 saturated carbocycles. The van der Waals surface area contributed by atoms with Gasteiger partial charge in [0.1, 0.15) is 0 Å². The molecule has 0 atom stereocenters. The van der Waals surface area contributed by atoms with Crippen LogP contribution >= 0.6 is 0 Å². The number of carboxylic acids is 1. The van der Waals surface area contributed by atoms with Gasteiger partial charge in [0.2, 0.25) is 5.95 Å². The SMILES string of the molecule is O=C(O)c1ccnc(-c2ccnc(NCc3cccc(-n4cccn4)c3)n2)c1. The predicted octanol–water partition coefficient (Wildman–Crippen LogP) is 3.03. The summed E-state index contributed by atoms with van der Waals surface area (Å²) in [6, 6.07) is 14.5. The van der Waals surface area contributed by atoms with E-state index in [2.05, 4.69) is 25.4 Å². The number of carboxylic acid groups (broad SMARTS) is 1. The lowest BCUT2D eigenvalue weighted by Gasteiger charge is -2.08. The smallest absolute Gasteiger partial charge is 0.335 e. The fourth-order valence-electron chi connectivity index (χ4n) is 2.70. The van der Waals surface area contributed by atoms with E-state index < -0.39 is 5.97 Å². The van der Waals surface area contributed by atoms with E-state index in [9.17, 15) is 4.79 Å². The maximum Gasteiger partial charge on any atom is 0.335 e. The lowest BCUT2D eigenvalue weighted by molar-refractivity contribution is 0.0697. The van der Waals surface area contributed by atoms with Crippen molar-refractivity contribution in [2.75, 3.05) is 5.32 Å². The summed E-state index contributed by atoms with van der Waals surface area (Å²) in [6.45, 7) is 0.529. The maximum absolute atomic E-state index is 11.1. The van der Waals surface area contributed by atoms with Crippen LogP contribution in [0.25, 0.3) is 17.1 Å². The molecule has 0 fully saturated rings. The molecule has 2 N–H and O–H groups in total. The summed E-state index contributed by atoms with van der Waals surface area (Å²) < 4.78 is 1.79. The van der Waals surface area contributed by atoms with Crippen LogP contribution in [0.3, 0.4) is 0 Å². The first-order chi connectivity index (χ1) is 13.7. The van der Waals surface area contributed by atoms with Crippen LogP contribution in [0.2, 0.25) is 0 Å². The zero-order chi connectivity index (χ0) is 19.3. The molecule has 8 nitrogen and oxygen atoms in total. The van der Waals surface area contributed by atoms with Crippen molar-refractivity contribution in [2.45, 2.75) is 6.54 Å². The molecule has 0 aliphatic heterocycles. The van der Waals surface area contributed by atoms with Gasteiger partial charge < -0.3 is 10.4 Å². The summed E-state index contributed by atoms with van der Waals surface area (Å²) in [5.74, 6) is -0.572. The van der Waals surface area contributed by atoms with Gasteiger partial charge in [0, 0.05) is 31.3 Å². The molecule has 0 spiro atoms. The summed E-state index contributed by atoms with van der Waals surface area (Å²) in [5, 5.41) is 16.6. The van der Waals surface area contributed by atoms with Crippen molar-refractivity contribution in [2.24, 2.45) is 0 Å². The molecule has 3 aromatic heterocycles. The minimum Gasteiger partial charge on any atom is -0.478 e. The van der Waals surface area contributed by atoms with E-state index in [1.807, 2.05) is 36.5 Å². The maximum atomic E-state index is 11.1. The van der Waals surface area contributed by atoms with Crippen LogP contribution in [-0.2, 0) is 6.54 Å². The molecule has 3 heterocycles. The number of pyridine rings is 1. The number of benzene rings is 1. The molecule has 1 aromatic carbocycles. The second kappa shape index (κ2) is 7.67. The standard InChI is InChI=1S/C20H16N6O2/c27-19(28)15-5-8-21-18(12-15)17-6-9-22-20(25-17)23-13-14-3-1-4-16(11-14)26-10-2-7-24-26/h1-12H,13H2,(H,27,28)(H,22,23,25). The van der Waals surface area contributed by atoms with Crippen molar-refractivity contribution < 1.29 is 9.90 Å². The van der Waals surface area contributed by atoms with Crippen molar-refractivity contribution in [3.8, 4) is 17.1 Å². The molecule has 28 heavy (non-hydrogen) atoms. The molecule has 0 unspecified atom stereocenters. The molecule has 0 aliphatic rings. The summed E-state index contributed by atoms with van der Waals surface area (Å²) in [5.41, 5.74) is 3.20. The Morgan fingerprint density at radius 3 is 2.71 bits per heavy atom. The van der Waals surface area contributed by atoms with Gasteiger partial charge in [-0.3, -0.25) is 4.98 Å². The predicted molar refractivity (Wildman–Crippen MR) is 103 cm³/mol. The molecule has 0 bridgehead atoms. The first-order valence-corrected chi connectivity index (χ1v) is 8.55. The van der Waals surface area contributed by atoms with E-state index in [-0.39, 0.29) is 5.56 Å². The monoisotopic (exact) mass is 372 g/mol. The van der Waals surface area contributed by atoms with Gasteiger partial charge in [0.05, 0.1) is 22.6 Å². The summed E-state index contributed by atoms with van der Waals surface area (Å²) >= 11 is 0. The molecular formula is C20H16N6O2. The highest BCUT2D eigenvalue weighted by Gasteiger charge is 2.08. The summed E-state index contributed by atoms with van der Waals surface area (Å²) in [4.78, 5) is 24.0. The first-order valence-electron chi connectivity index (χ1n) is 8.55. The molecule has 8 heteroatoms. The van der Waals surface area contributed by atoms with Gasteiger partial charge in [-0.25, -0.2) is 19.4 Å². The van der Waals surface area contributed by atoms with E-state index in [1.54, 1.807) is 23.1 Å². The van der Waals surface area contributed by atoms with Crippen molar-refractivity contribution >= 4 is 11.9 Å². The second-order valence-corrected chi connectivity index (χ2v) is 5.97. The Hall–Kier alpha value is -4.07. The van der Waals surface area contributed by atoms with Gasteiger partial charge >= 0.3 is 5.97 Å². The minimum absolute atomic E-state index is 0.161. The van der Waals surface area contributed by atoms with Crippen LogP contribution in [0.1, 0.15) is 15.9 Å². The highest BCUT2D eigenvalue weighted by molar-refractivity contribution is 5.88. The lowest BCUT2D eigenvalue weighted by atomic mass is 10.2. The number of hydrogen-bond donors (Lipinski definition) is 2. The van der Waals surface area contributed by atoms with Crippen molar-refractivity contribution in [3.05, 3.63) is 84.4 Å². The van der Waals surface area contributed by atoms with Gasteiger partial charge in [-0.05, 0) is 42.0 Å². The molecule has 0 amide bonds. The summed E-state index contributed by atoms with van der Waals surface area (Å²) in [6.07, 6.45) is 6.68. The molecule has 4 rings (SSSR count). The lowest BCUT2D eigenvalue weighted by Crippen LogP contribution is -2.05. The Morgan fingerprint density at radius 1 is 1.00 bits per heavy atom. The number of aromatic nitrogens is 5. The van der Waals surface area contributed by atoms with Crippen molar-refractivity contribution in [1.82, 2.24) is 24.7 Å². The van der Waals surface area contributed by atoms with Crippen LogP contribution < -0.4 is 5.32 Å². The minimum atomic E-state index is -1.01. The highest BCUT2D eigenvalue weighted by Crippen LogP contribution is 2.17. The number of rotatable bonds is 6. The zero-order valence-corrected chi connectivity index (χ0v) is 14.7. The Kier molecular flexibility index (Phi) is 4.75. The van der Waals surface area contributed by atoms with Crippen LogP contribution in [0, 0.1) is 0 Å². The largest absolute Gasteiger partial charge is 0.478 e. The third-order valence-corrected chi connectivity index (χ3v) is 4.06. The van der Waals surface area contributed by atoms with Crippen molar-refractivity contribution in [1.29, 1.82) is 0 Å². The fourth-order valence-corrected chi connectivity index (χ4v) is 2.70. The quantitative estimate of drug-likeness (QED) is 0.536. The third kappa shape index (κ3) is 3.85. The number of hydrogen-bond acceptors (Lipinski definition) is 6. The van der Waals surface area contributed by atoms with E-state index in [0.717, 1.165) is 11.3 Å². The fraction of sp³-hybridized carbons (Fsp3) is 0.0500. The molecule has 0 aliphatic carbocycles. The number of aromatic carboxylic acids is 1. The van der Waals surface area contributed by atoms with E-state index in [1.165, 1.54) is 18.3 Å². The first kappa shape index (κ1) is 17.3. The van der Waals surface area contributed by atoms with Crippen molar-refractivity contribution in [3.63, 3.8) is 0 Å². The van der Waals surface area contributed by atoms with Gasteiger partial charge in [0.15, 0.2) is 0 Å². The average Bonchev–Trinajstić information content (AvgIpc) is 3.28. The summed E-state index contributed by atoms with van der Waals surface area (Å²) in [7, 11) is 0. The zero-order valence-electron chi connectivity index (χ0n) is 14.7. The topological polar surface area (TPSA) is 106 Å². The number of anilines is 1. The van der Waals surface area contributed by atoms with Gasteiger partial charge in [-0.1, -0.05) is 12.1 Å². The van der Waals surface area contributed by atoms with Gasteiger partial charge in [-0.2, -0.15) is 5.10 Å². The molecule has 138 valence electrons. The normalized spacial score (nSPS) is 10.6. The molecule has 0 radical (unpaired) electrons. The second-order valence-electron chi connectivity index (χ2n) is 5.97. The van der Waals surface area contributed by atoms with Crippen LogP contribution in [-0.4, -0.2) is 35.8 Å². The molecular weight excluding hydrogens is 356 g/mol. The third-order valence-electron chi connectivity index (χ3n) is 4.06. The van der Waals surface area contributed by atoms with Crippen LogP contribution in [0.4, 0.5) is 5.95 Å². The Morgan fingerprint density at radius 2 is 1.89 bits per heavy atom.